The molecule has 2 bridgehead atoms. The van der Waals surface area contributed by atoms with Crippen molar-refractivity contribution in [2.24, 2.45) is 10.9 Å². The zero-order chi connectivity index (χ0) is 19.6. The number of carbonyl (C=O) groups excluding carboxylic acids is 1. The van der Waals surface area contributed by atoms with Gasteiger partial charge in [-0.05, 0) is 87.6 Å². The Morgan fingerprint density at radius 3 is 2.86 bits per heavy atom. The van der Waals surface area contributed by atoms with Crippen molar-refractivity contribution in [1.29, 1.82) is 0 Å². The van der Waals surface area contributed by atoms with Gasteiger partial charge in [0.2, 0.25) is 0 Å². The highest BCUT2D eigenvalue weighted by atomic mass is 79.9. The van der Waals surface area contributed by atoms with Gasteiger partial charge in [-0.25, -0.2) is 4.79 Å². The summed E-state index contributed by atoms with van der Waals surface area (Å²) < 4.78 is 6.90. The van der Waals surface area contributed by atoms with Crippen LogP contribution in [-0.2, 0) is 11.2 Å². The van der Waals surface area contributed by atoms with E-state index in [1.165, 1.54) is 34.5 Å². The topological polar surface area (TPSA) is 41.9 Å². The zero-order valence-corrected chi connectivity index (χ0v) is 18.4. The molecule has 1 saturated carbocycles. The van der Waals surface area contributed by atoms with Gasteiger partial charge in [-0.1, -0.05) is 22.0 Å². The van der Waals surface area contributed by atoms with Gasteiger partial charge in [0.15, 0.2) is 0 Å². The van der Waals surface area contributed by atoms with E-state index in [1.807, 2.05) is 25.7 Å². The van der Waals surface area contributed by atoms with Crippen LogP contribution in [0, 0.1) is 5.92 Å². The van der Waals surface area contributed by atoms with Gasteiger partial charge in [-0.15, -0.1) is 0 Å². The summed E-state index contributed by atoms with van der Waals surface area (Å²) in [6.07, 6.45) is 6.13. The lowest BCUT2D eigenvalue weighted by Crippen LogP contribution is -2.50. The molecule has 1 saturated heterocycles. The van der Waals surface area contributed by atoms with Gasteiger partial charge in [0.1, 0.15) is 5.60 Å². The standard InChI is InChI=1S/C23H27BrN2O2/c1-23(2,3)28-22(27)26-16-7-4-14(11-16)21(26)20-12-18-17-8-6-15(24)10-13(17)5-9-19(18)25-20/h6,8,10,14,16,21H,4-5,7,9,11-12H2,1-3H3/t14-,16+,21-/m0/s1. The summed E-state index contributed by atoms with van der Waals surface area (Å²) in [4.78, 5) is 20.1. The number of piperidine rings is 1. The van der Waals surface area contributed by atoms with Crippen molar-refractivity contribution in [2.45, 2.75) is 77.0 Å². The first kappa shape index (κ1) is 18.4. The Balaban J connectivity index is 1.42. The second kappa shape index (κ2) is 6.45. The Hall–Kier alpha value is -1.62. The second-order valence-corrected chi connectivity index (χ2v) is 10.5. The highest BCUT2D eigenvalue weighted by Gasteiger charge is 2.52. The van der Waals surface area contributed by atoms with Crippen molar-refractivity contribution < 1.29 is 9.53 Å². The van der Waals surface area contributed by atoms with Crippen molar-refractivity contribution in [3.05, 3.63) is 39.5 Å². The van der Waals surface area contributed by atoms with Gasteiger partial charge in [0.05, 0.1) is 6.04 Å². The van der Waals surface area contributed by atoms with Gasteiger partial charge >= 0.3 is 6.09 Å². The lowest BCUT2D eigenvalue weighted by molar-refractivity contribution is 0.0142. The molecule has 0 spiro atoms. The third kappa shape index (κ3) is 3.02. The largest absolute Gasteiger partial charge is 0.444 e. The third-order valence-corrected chi connectivity index (χ3v) is 7.03. The van der Waals surface area contributed by atoms with E-state index in [4.69, 9.17) is 9.73 Å². The molecular formula is C23H27BrN2O2. The molecule has 1 aromatic carbocycles. The summed E-state index contributed by atoms with van der Waals surface area (Å²) in [6, 6.07) is 7.00. The van der Waals surface area contributed by atoms with E-state index in [0.29, 0.717) is 12.0 Å². The van der Waals surface area contributed by atoms with Crippen molar-refractivity contribution in [1.82, 2.24) is 4.90 Å². The molecule has 1 aromatic rings. The number of aryl methyl sites for hydroxylation is 1. The van der Waals surface area contributed by atoms with Gasteiger partial charge in [0, 0.05) is 28.3 Å². The molecule has 28 heavy (non-hydrogen) atoms. The summed E-state index contributed by atoms with van der Waals surface area (Å²) in [7, 11) is 0. The Kier molecular flexibility index (Phi) is 4.24. The maximum absolute atomic E-state index is 13.0. The third-order valence-electron chi connectivity index (χ3n) is 6.54. The summed E-state index contributed by atoms with van der Waals surface area (Å²) in [5.41, 5.74) is 6.06. The molecule has 148 valence electrons. The Labute approximate surface area is 175 Å². The molecule has 4 nitrogen and oxygen atoms in total. The molecule has 1 amide bonds. The number of rotatable bonds is 1. The number of fused-ring (bicyclic) bond motifs is 4. The second-order valence-electron chi connectivity index (χ2n) is 9.57. The minimum absolute atomic E-state index is 0.109. The van der Waals surface area contributed by atoms with Gasteiger partial charge in [-0.3, -0.25) is 9.89 Å². The van der Waals surface area contributed by atoms with Crippen molar-refractivity contribution >= 4 is 33.3 Å². The minimum Gasteiger partial charge on any atom is -0.444 e. The van der Waals surface area contributed by atoms with E-state index >= 15 is 0 Å². The van der Waals surface area contributed by atoms with E-state index in [-0.39, 0.29) is 12.1 Å². The smallest absolute Gasteiger partial charge is 0.411 e. The predicted octanol–water partition coefficient (Wildman–Crippen LogP) is 5.74. The molecular weight excluding hydrogens is 416 g/mol. The summed E-state index contributed by atoms with van der Waals surface area (Å²) in [5.74, 6) is 0.530. The van der Waals surface area contributed by atoms with Crippen LogP contribution in [0.5, 0.6) is 0 Å². The van der Waals surface area contributed by atoms with Gasteiger partial charge in [-0.2, -0.15) is 0 Å². The number of aliphatic imine (C=N–C) groups is 1. The van der Waals surface area contributed by atoms with E-state index < -0.39 is 5.60 Å². The van der Waals surface area contributed by atoms with Crippen molar-refractivity contribution in [3.8, 4) is 0 Å². The molecule has 0 aromatic heterocycles. The van der Waals surface area contributed by atoms with Gasteiger partial charge in [0.25, 0.3) is 0 Å². The molecule has 2 aliphatic carbocycles. The molecule has 2 aliphatic heterocycles. The van der Waals surface area contributed by atoms with E-state index in [1.54, 1.807) is 0 Å². The molecule has 2 heterocycles. The maximum atomic E-state index is 13.0. The first-order valence-electron chi connectivity index (χ1n) is 10.4. The summed E-state index contributed by atoms with van der Waals surface area (Å²) >= 11 is 3.60. The normalized spacial score (nSPS) is 28.4. The molecule has 0 unspecified atom stereocenters. The number of ether oxygens (including phenoxy) is 1. The van der Waals surface area contributed by atoms with E-state index in [2.05, 4.69) is 34.1 Å². The predicted molar refractivity (Wildman–Crippen MR) is 114 cm³/mol. The number of benzene rings is 1. The molecule has 0 N–H and O–H groups in total. The highest BCUT2D eigenvalue weighted by molar-refractivity contribution is 9.10. The SMILES string of the molecule is CC(C)(C)OC(=O)N1[C@@H]2CC[C@@H](C2)[C@H]1C1=NC2=C(C1)c1ccc(Br)cc1CC2. The fraction of sp³-hybridized carbons (Fsp3) is 0.565. The lowest BCUT2D eigenvalue weighted by atomic mass is 9.86. The van der Waals surface area contributed by atoms with Crippen LogP contribution in [0.2, 0.25) is 0 Å². The van der Waals surface area contributed by atoms with Gasteiger partial charge < -0.3 is 4.74 Å². The fourth-order valence-corrected chi connectivity index (χ4v) is 5.91. The number of hydrogen-bond donors (Lipinski definition) is 0. The number of allylic oxidation sites excluding steroid dienone is 2. The average Bonchev–Trinajstić information content (AvgIpc) is 3.32. The number of nitrogens with zero attached hydrogens (tertiary/aromatic N) is 2. The number of halogens is 1. The Morgan fingerprint density at radius 2 is 2.07 bits per heavy atom. The molecule has 2 fully saturated rings. The molecule has 5 heteroatoms. The first-order chi connectivity index (χ1) is 13.3. The number of likely N-dealkylation sites (tertiary alicyclic amines) is 1. The van der Waals surface area contributed by atoms with Crippen LogP contribution in [0.25, 0.3) is 5.57 Å². The summed E-state index contributed by atoms with van der Waals surface area (Å²) in [5, 5.41) is 0. The number of carbonyl (C=O) groups is 1. The quantitative estimate of drug-likeness (QED) is 0.556. The van der Waals surface area contributed by atoms with E-state index in [0.717, 1.165) is 36.6 Å². The maximum Gasteiger partial charge on any atom is 0.411 e. The molecule has 5 rings (SSSR count). The monoisotopic (exact) mass is 442 g/mol. The number of hydrogen-bond acceptors (Lipinski definition) is 3. The zero-order valence-electron chi connectivity index (χ0n) is 16.8. The Morgan fingerprint density at radius 1 is 1.25 bits per heavy atom. The summed E-state index contributed by atoms with van der Waals surface area (Å²) in [6.45, 7) is 5.82. The number of amides is 1. The first-order valence-corrected chi connectivity index (χ1v) is 11.2. The van der Waals surface area contributed by atoms with Crippen LogP contribution in [0.15, 0.2) is 33.4 Å². The molecule has 3 atom stereocenters. The van der Waals surface area contributed by atoms with Crippen LogP contribution in [-0.4, -0.2) is 34.4 Å². The van der Waals surface area contributed by atoms with Crippen LogP contribution in [0.4, 0.5) is 4.79 Å². The van der Waals surface area contributed by atoms with Crippen LogP contribution < -0.4 is 0 Å². The van der Waals surface area contributed by atoms with Crippen LogP contribution in [0.3, 0.4) is 0 Å². The van der Waals surface area contributed by atoms with Crippen molar-refractivity contribution in [2.75, 3.05) is 0 Å². The fourth-order valence-electron chi connectivity index (χ4n) is 5.50. The van der Waals surface area contributed by atoms with Crippen molar-refractivity contribution in [3.63, 3.8) is 0 Å². The average molecular weight is 443 g/mol. The lowest BCUT2D eigenvalue weighted by Gasteiger charge is -2.36. The Bertz CT molecular complexity index is 912. The molecule has 0 radical (unpaired) electrons. The van der Waals surface area contributed by atoms with E-state index in [9.17, 15) is 4.79 Å². The minimum atomic E-state index is -0.467. The molecule has 4 aliphatic rings. The van der Waals surface area contributed by atoms with Crippen LogP contribution >= 0.6 is 15.9 Å². The highest BCUT2D eigenvalue weighted by Crippen LogP contribution is 2.47. The van der Waals surface area contributed by atoms with Crippen LogP contribution in [0.1, 0.15) is 64.0 Å².